The lowest BCUT2D eigenvalue weighted by molar-refractivity contribution is -0.130. The van der Waals surface area contributed by atoms with E-state index in [1.165, 1.54) is 0 Å². The zero-order valence-electron chi connectivity index (χ0n) is 7.63. The van der Waals surface area contributed by atoms with Gasteiger partial charge in [0.2, 0.25) is 5.91 Å². The molecule has 1 fully saturated rings. The SMILES string of the molecule is CC(C)(O)CCN1NCCC1=O. The van der Waals surface area contributed by atoms with Crippen molar-refractivity contribution in [2.45, 2.75) is 32.3 Å². The molecule has 1 saturated heterocycles. The van der Waals surface area contributed by atoms with E-state index in [4.69, 9.17) is 0 Å². The van der Waals surface area contributed by atoms with Crippen molar-refractivity contribution in [3.8, 4) is 0 Å². The van der Waals surface area contributed by atoms with Gasteiger partial charge in [-0.1, -0.05) is 0 Å². The summed E-state index contributed by atoms with van der Waals surface area (Å²) < 4.78 is 0. The van der Waals surface area contributed by atoms with Crippen LogP contribution in [0.2, 0.25) is 0 Å². The lowest BCUT2D eigenvalue weighted by atomic mass is 10.1. The average Bonchev–Trinajstić information content (AvgIpc) is 2.29. The van der Waals surface area contributed by atoms with Crippen molar-refractivity contribution < 1.29 is 9.90 Å². The Kier molecular flexibility index (Phi) is 2.69. The molecular formula is C8H16N2O2. The minimum absolute atomic E-state index is 0.124. The van der Waals surface area contributed by atoms with E-state index in [1.54, 1.807) is 18.9 Å². The smallest absolute Gasteiger partial charge is 0.238 e. The number of nitrogens with zero attached hydrogens (tertiary/aromatic N) is 1. The minimum Gasteiger partial charge on any atom is -0.390 e. The third-order valence-corrected chi connectivity index (χ3v) is 1.89. The summed E-state index contributed by atoms with van der Waals surface area (Å²) in [6.45, 7) is 4.80. The summed E-state index contributed by atoms with van der Waals surface area (Å²) in [5.74, 6) is 0.124. The van der Waals surface area contributed by atoms with E-state index in [0.717, 1.165) is 6.54 Å². The second-order valence-electron chi connectivity index (χ2n) is 3.77. The van der Waals surface area contributed by atoms with Crippen LogP contribution in [0.15, 0.2) is 0 Å². The highest BCUT2D eigenvalue weighted by molar-refractivity contribution is 5.77. The number of amides is 1. The molecule has 1 heterocycles. The fraction of sp³-hybridized carbons (Fsp3) is 0.875. The van der Waals surface area contributed by atoms with Crippen LogP contribution in [0.3, 0.4) is 0 Å². The van der Waals surface area contributed by atoms with Crippen LogP contribution in [-0.2, 0) is 4.79 Å². The van der Waals surface area contributed by atoms with E-state index in [9.17, 15) is 9.90 Å². The molecule has 0 bridgehead atoms. The Morgan fingerprint density at radius 3 is 2.75 bits per heavy atom. The predicted octanol–water partition coefficient (Wildman–Crippen LogP) is -0.116. The quantitative estimate of drug-likeness (QED) is 0.624. The highest BCUT2D eigenvalue weighted by Gasteiger charge is 2.22. The minimum atomic E-state index is -0.690. The summed E-state index contributed by atoms with van der Waals surface area (Å²) in [5.41, 5.74) is 2.26. The molecule has 4 nitrogen and oxygen atoms in total. The molecule has 0 aliphatic carbocycles. The molecule has 2 N–H and O–H groups in total. The third kappa shape index (κ3) is 2.79. The summed E-state index contributed by atoms with van der Waals surface area (Å²) in [7, 11) is 0. The van der Waals surface area contributed by atoms with Gasteiger partial charge < -0.3 is 5.11 Å². The number of nitrogens with one attached hydrogen (secondary N) is 1. The van der Waals surface area contributed by atoms with Crippen LogP contribution >= 0.6 is 0 Å². The Labute approximate surface area is 72.5 Å². The fourth-order valence-electron chi connectivity index (χ4n) is 1.11. The predicted molar refractivity (Wildman–Crippen MR) is 45.2 cm³/mol. The lowest BCUT2D eigenvalue weighted by Gasteiger charge is -2.21. The molecule has 0 spiro atoms. The van der Waals surface area contributed by atoms with Gasteiger partial charge in [0.15, 0.2) is 0 Å². The summed E-state index contributed by atoms with van der Waals surface area (Å²) >= 11 is 0. The van der Waals surface area contributed by atoms with Gasteiger partial charge >= 0.3 is 0 Å². The molecule has 1 aliphatic heterocycles. The summed E-state index contributed by atoms with van der Waals surface area (Å²) in [6, 6.07) is 0. The van der Waals surface area contributed by atoms with E-state index >= 15 is 0 Å². The highest BCUT2D eigenvalue weighted by atomic mass is 16.3. The Morgan fingerprint density at radius 2 is 2.33 bits per heavy atom. The maximum absolute atomic E-state index is 11.1. The number of carbonyl (C=O) groups excluding carboxylic acids is 1. The second kappa shape index (κ2) is 3.41. The number of hydrogen-bond acceptors (Lipinski definition) is 3. The number of carbonyl (C=O) groups is 1. The van der Waals surface area contributed by atoms with Crippen LogP contribution in [0.5, 0.6) is 0 Å². The van der Waals surface area contributed by atoms with Crippen molar-refractivity contribution in [3.63, 3.8) is 0 Å². The van der Waals surface area contributed by atoms with Gasteiger partial charge in [-0.3, -0.25) is 9.80 Å². The van der Waals surface area contributed by atoms with Crippen molar-refractivity contribution >= 4 is 5.91 Å². The number of hydrogen-bond donors (Lipinski definition) is 2. The topological polar surface area (TPSA) is 52.6 Å². The summed E-state index contributed by atoms with van der Waals surface area (Å²) in [4.78, 5) is 11.1. The average molecular weight is 172 g/mol. The second-order valence-corrected chi connectivity index (χ2v) is 3.77. The number of rotatable bonds is 3. The first-order chi connectivity index (χ1) is 5.49. The standard InChI is InChI=1S/C8H16N2O2/c1-8(2,12)4-6-10-7(11)3-5-9-10/h9,12H,3-6H2,1-2H3. The van der Waals surface area contributed by atoms with Crippen molar-refractivity contribution in [1.29, 1.82) is 0 Å². The first-order valence-electron chi connectivity index (χ1n) is 4.25. The van der Waals surface area contributed by atoms with Crippen LogP contribution in [0, 0.1) is 0 Å². The maximum atomic E-state index is 11.1. The van der Waals surface area contributed by atoms with Crippen LogP contribution in [0.4, 0.5) is 0 Å². The van der Waals surface area contributed by atoms with Crippen LogP contribution in [0.1, 0.15) is 26.7 Å². The van der Waals surface area contributed by atoms with Crippen LogP contribution in [-0.4, -0.2) is 34.7 Å². The fourth-order valence-corrected chi connectivity index (χ4v) is 1.11. The van der Waals surface area contributed by atoms with Crippen molar-refractivity contribution in [2.24, 2.45) is 0 Å². The molecule has 70 valence electrons. The first-order valence-corrected chi connectivity index (χ1v) is 4.25. The summed E-state index contributed by atoms with van der Waals surface area (Å²) in [5, 5.41) is 11.0. The van der Waals surface area contributed by atoms with Gasteiger partial charge in [-0.25, -0.2) is 5.43 Å². The Hall–Kier alpha value is -0.610. The van der Waals surface area contributed by atoms with Crippen molar-refractivity contribution in [2.75, 3.05) is 13.1 Å². The number of hydrazine groups is 1. The molecule has 0 aromatic rings. The van der Waals surface area contributed by atoms with Crippen molar-refractivity contribution in [3.05, 3.63) is 0 Å². The van der Waals surface area contributed by atoms with E-state index in [1.807, 2.05) is 0 Å². The van der Waals surface area contributed by atoms with Crippen molar-refractivity contribution in [1.82, 2.24) is 10.4 Å². The molecule has 0 atom stereocenters. The Morgan fingerprint density at radius 1 is 1.67 bits per heavy atom. The molecular weight excluding hydrogens is 156 g/mol. The van der Waals surface area contributed by atoms with E-state index in [2.05, 4.69) is 5.43 Å². The van der Waals surface area contributed by atoms with Gasteiger partial charge in [-0.05, 0) is 20.3 Å². The molecule has 1 rings (SSSR count). The molecule has 1 aliphatic rings. The van der Waals surface area contributed by atoms with Gasteiger partial charge in [0.05, 0.1) is 5.60 Å². The van der Waals surface area contributed by atoms with E-state index < -0.39 is 5.60 Å². The zero-order valence-corrected chi connectivity index (χ0v) is 7.63. The van der Waals surface area contributed by atoms with Gasteiger partial charge in [-0.2, -0.15) is 0 Å². The Bertz CT molecular complexity index is 174. The highest BCUT2D eigenvalue weighted by Crippen LogP contribution is 2.09. The summed E-state index contributed by atoms with van der Waals surface area (Å²) in [6.07, 6.45) is 1.18. The largest absolute Gasteiger partial charge is 0.390 e. The normalized spacial score (nSPS) is 18.9. The van der Waals surface area contributed by atoms with E-state index in [-0.39, 0.29) is 5.91 Å². The first kappa shape index (κ1) is 9.48. The lowest BCUT2D eigenvalue weighted by Crippen LogP contribution is -2.38. The molecule has 0 saturated carbocycles. The third-order valence-electron chi connectivity index (χ3n) is 1.89. The van der Waals surface area contributed by atoms with E-state index in [0.29, 0.717) is 19.4 Å². The van der Waals surface area contributed by atoms with Gasteiger partial charge in [0, 0.05) is 19.5 Å². The van der Waals surface area contributed by atoms with Crippen LogP contribution in [0.25, 0.3) is 0 Å². The molecule has 0 unspecified atom stereocenters. The maximum Gasteiger partial charge on any atom is 0.238 e. The zero-order chi connectivity index (χ0) is 9.19. The van der Waals surface area contributed by atoms with Gasteiger partial charge in [0.1, 0.15) is 0 Å². The van der Waals surface area contributed by atoms with Crippen LogP contribution < -0.4 is 5.43 Å². The Balaban J connectivity index is 2.27. The van der Waals surface area contributed by atoms with Gasteiger partial charge in [0.25, 0.3) is 0 Å². The molecule has 0 radical (unpaired) electrons. The monoisotopic (exact) mass is 172 g/mol. The molecule has 0 aromatic carbocycles. The number of aliphatic hydroxyl groups is 1. The molecule has 1 amide bonds. The molecule has 12 heavy (non-hydrogen) atoms. The van der Waals surface area contributed by atoms with Gasteiger partial charge in [-0.15, -0.1) is 0 Å². The molecule has 0 aromatic heterocycles. The molecule has 4 heteroatoms.